The number of halogens is 3. The second kappa shape index (κ2) is 4.85. The largest absolute Gasteiger partial charge is 0.336 e. The highest BCUT2D eigenvalue weighted by molar-refractivity contribution is 6.33. The highest BCUT2D eigenvalue weighted by Gasteiger charge is 2.08. The van der Waals surface area contributed by atoms with Crippen molar-refractivity contribution in [2.75, 3.05) is 5.32 Å². The zero-order valence-electron chi connectivity index (χ0n) is 8.84. The lowest BCUT2D eigenvalue weighted by Crippen LogP contribution is -1.99. The molecule has 88 valence electrons. The molecule has 1 aromatic carbocycles. The van der Waals surface area contributed by atoms with E-state index in [4.69, 9.17) is 23.2 Å². The van der Waals surface area contributed by atoms with Gasteiger partial charge < -0.3 is 5.32 Å². The standard InChI is InChI=1S/C11H8Cl2FN3/c1-6-15-9(13)5-10(16-6)17-11-7(12)3-2-4-8(11)14/h2-5H,1H3,(H,15,16,17). The highest BCUT2D eigenvalue weighted by Crippen LogP contribution is 2.27. The second-order valence-electron chi connectivity index (χ2n) is 3.34. The van der Waals surface area contributed by atoms with E-state index in [0.717, 1.165) is 0 Å². The fourth-order valence-electron chi connectivity index (χ4n) is 1.34. The van der Waals surface area contributed by atoms with Gasteiger partial charge in [0.05, 0.1) is 10.7 Å². The van der Waals surface area contributed by atoms with E-state index in [0.29, 0.717) is 11.6 Å². The summed E-state index contributed by atoms with van der Waals surface area (Å²) >= 11 is 11.7. The third kappa shape index (κ3) is 2.84. The van der Waals surface area contributed by atoms with E-state index in [9.17, 15) is 4.39 Å². The molecule has 0 unspecified atom stereocenters. The van der Waals surface area contributed by atoms with Gasteiger partial charge in [-0.1, -0.05) is 29.3 Å². The number of nitrogens with one attached hydrogen (secondary N) is 1. The Morgan fingerprint density at radius 2 is 2.00 bits per heavy atom. The van der Waals surface area contributed by atoms with Crippen molar-refractivity contribution in [1.82, 2.24) is 9.97 Å². The predicted molar refractivity (Wildman–Crippen MR) is 66.5 cm³/mol. The first-order valence-corrected chi connectivity index (χ1v) is 5.54. The number of para-hydroxylation sites is 1. The molecule has 0 saturated carbocycles. The van der Waals surface area contributed by atoms with Gasteiger partial charge in [-0.2, -0.15) is 0 Å². The number of aromatic nitrogens is 2. The summed E-state index contributed by atoms with van der Waals surface area (Å²) < 4.78 is 13.5. The molecule has 0 fully saturated rings. The molecule has 0 aliphatic rings. The fraction of sp³-hybridized carbons (Fsp3) is 0.0909. The number of benzene rings is 1. The Hall–Kier alpha value is -1.39. The van der Waals surface area contributed by atoms with E-state index in [2.05, 4.69) is 15.3 Å². The van der Waals surface area contributed by atoms with Crippen LogP contribution in [0.25, 0.3) is 0 Å². The summed E-state index contributed by atoms with van der Waals surface area (Å²) in [5.41, 5.74) is 0.170. The van der Waals surface area contributed by atoms with Crippen molar-refractivity contribution in [3.05, 3.63) is 46.1 Å². The highest BCUT2D eigenvalue weighted by atomic mass is 35.5. The number of anilines is 2. The molecule has 6 heteroatoms. The molecule has 0 amide bonds. The minimum Gasteiger partial charge on any atom is -0.336 e. The molecule has 1 N–H and O–H groups in total. The lowest BCUT2D eigenvalue weighted by molar-refractivity contribution is 0.632. The van der Waals surface area contributed by atoms with Crippen molar-refractivity contribution in [2.24, 2.45) is 0 Å². The summed E-state index contributed by atoms with van der Waals surface area (Å²) in [7, 11) is 0. The van der Waals surface area contributed by atoms with Gasteiger partial charge in [0.15, 0.2) is 0 Å². The molecule has 1 aromatic heterocycles. The Labute approximate surface area is 108 Å². The Balaban J connectivity index is 2.38. The van der Waals surface area contributed by atoms with Crippen molar-refractivity contribution >= 4 is 34.7 Å². The topological polar surface area (TPSA) is 37.8 Å². The van der Waals surface area contributed by atoms with Gasteiger partial charge in [0.25, 0.3) is 0 Å². The average Bonchev–Trinajstić information content (AvgIpc) is 2.22. The lowest BCUT2D eigenvalue weighted by Gasteiger charge is -2.09. The molecule has 0 spiro atoms. The van der Waals surface area contributed by atoms with Gasteiger partial charge in [-0.05, 0) is 19.1 Å². The molecular weight excluding hydrogens is 264 g/mol. The van der Waals surface area contributed by atoms with Gasteiger partial charge in [0.2, 0.25) is 0 Å². The first-order valence-electron chi connectivity index (χ1n) is 4.78. The summed E-state index contributed by atoms with van der Waals surface area (Å²) in [6, 6.07) is 5.92. The van der Waals surface area contributed by atoms with Crippen LogP contribution in [-0.2, 0) is 0 Å². The summed E-state index contributed by atoms with van der Waals surface area (Å²) in [5.74, 6) is 0.437. The minimum atomic E-state index is -0.454. The minimum absolute atomic E-state index is 0.170. The van der Waals surface area contributed by atoms with Crippen molar-refractivity contribution < 1.29 is 4.39 Å². The van der Waals surface area contributed by atoms with Crippen LogP contribution in [0.4, 0.5) is 15.9 Å². The summed E-state index contributed by atoms with van der Waals surface area (Å²) in [6.07, 6.45) is 0. The monoisotopic (exact) mass is 271 g/mol. The SMILES string of the molecule is Cc1nc(Cl)cc(Nc2c(F)cccc2Cl)n1. The second-order valence-corrected chi connectivity index (χ2v) is 4.14. The number of hydrogen-bond acceptors (Lipinski definition) is 3. The first-order chi connectivity index (χ1) is 8.06. The molecule has 2 aromatic rings. The zero-order valence-corrected chi connectivity index (χ0v) is 10.3. The van der Waals surface area contributed by atoms with Gasteiger partial charge in [-0.15, -0.1) is 0 Å². The van der Waals surface area contributed by atoms with Crippen molar-refractivity contribution in [3.63, 3.8) is 0 Å². The number of rotatable bonds is 2. The maximum Gasteiger partial charge on any atom is 0.148 e. The van der Waals surface area contributed by atoms with Gasteiger partial charge in [0, 0.05) is 6.07 Å². The normalized spacial score (nSPS) is 10.4. The first kappa shape index (κ1) is 12.1. The van der Waals surface area contributed by atoms with E-state index in [1.54, 1.807) is 13.0 Å². The third-order valence-corrected chi connectivity index (χ3v) is 2.53. The third-order valence-electron chi connectivity index (χ3n) is 2.02. The Bertz CT molecular complexity index is 520. The zero-order chi connectivity index (χ0) is 12.4. The van der Waals surface area contributed by atoms with Crippen LogP contribution in [0.3, 0.4) is 0 Å². The Morgan fingerprint density at radius 3 is 2.65 bits per heavy atom. The summed E-state index contributed by atoms with van der Waals surface area (Å²) in [5, 5.41) is 3.34. The van der Waals surface area contributed by atoms with Gasteiger partial charge in [-0.25, -0.2) is 14.4 Å². The maximum atomic E-state index is 13.5. The molecule has 0 atom stereocenters. The molecule has 0 saturated heterocycles. The quantitative estimate of drug-likeness (QED) is 0.840. The number of hydrogen-bond donors (Lipinski definition) is 1. The molecule has 0 bridgehead atoms. The average molecular weight is 272 g/mol. The molecule has 17 heavy (non-hydrogen) atoms. The van der Waals surface area contributed by atoms with Crippen LogP contribution in [-0.4, -0.2) is 9.97 Å². The fourth-order valence-corrected chi connectivity index (χ4v) is 1.78. The summed E-state index contributed by atoms with van der Waals surface area (Å²) in [6.45, 7) is 1.69. The van der Waals surface area contributed by atoms with Gasteiger partial charge in [0.1, 0.15) is 22.6 Å². The van der Waals surface area contributed by atoms with E-state index >= 15 is 0 Å². The number of aryl methyl sites for hydroxylation is 1. The number of nitrogens with zero attached hydrogens (tertiary/aromatic N) is 2. The van der Waals surface area contributed by atoms with Crippen molar-refractivity contribution in [2.45, 2.75) is 6.92 Å². The van der Waals surface area contributed by atoms with Gasteiger partial charge in [-0.3, -0.25) is 0 Å². The molecule has 1 heterocycles. The summed E-state index contributed by atoms with van der Waals surface area (Å²) in [4.78, 5) is 7.99. The van der Waals surface area contributed by atoms with Crippen LogP contribution in [0, 0.1) is 12.7 Å². The van der Waals surface area contributed by atoms with Crippen molar-refractivity contribution in [1.29, 1.82) is 0 Å². The molecule has 0 aliphatic carbocycles. The van der Waals surface area contributed by atoms with E-state index in [-0.39, 0.29) is 15.9 Å². The molecule has 0 radical (unpaired) electrons. The molecule has 2 rings (SSSR count). The van der Waals surface area contributed by atoms with Crippen molar-refractivity contribution in [3.8, 4) is 0 Å². The van der Waals surface area contributed by atoms with Crippen LogP contribution in [0.15, 0.2) is 24.3 Å². The van der Waals surface area contributed by atoms with E-state index in [1.165, 1.54) is 18.2 Å². The van der Waals surface area contributed by atoms with Gasteiger partial charge >= 0.3 is 0 Å². The smallest absolute Gasteiger partial charge is 0.148 e. The van der Waals surface area contributed by atoms with E-state index in [1.807, 2.05) is 0 Å². The molecule has 0 aliphatic heterocycles. The molecule has 3 nitrogen and oxygen atoms in total. The van der Waals surface area contributed by atoms with Crippen LogP contribution >= 0.6 is 23.2 Å². The maximum absolute atomic E-state index is 13.5. The Kier molecular flexibility index (Phi) is 3.45. The molecular formula is C11H8Cl2FN3. The predicted octanol–water partition coefficient (Wildman–Crippen LogP) is 3.97. The van der Waals surface area contributed by atoms with Crippen LogP contribution < -0.4 is 5.32 Å². The Morgan fingerprint density at radius 1 is 1.24 bits per heavy atom. The van der Waals surface area contributed by atoms with Crippen LogP contribution in [0.5, 0.6) is 0 Å². The van der Waals surface area contributed by atoms with Crippen LogP contribution in [0.2, 0.25) is 10.2 Å². The van der Waals surface area contributed by atoms with E-state index < -0.39 is 5.82 Å². The van der Waals surface area contributed by atoms with Crippen LogP contribution in [0.1, 0.15) is 5.82 Å². The lowest BCUT2D eigenvalue weighted by atomic mass is 10.3.